The predicted molar refractivity (Wildman–Crippen MR) is 50.4 cm³/mol. The number of hydrogen-bond donors (Lipinski definition) is 1. The molecule has 1 N–H and O–H groups in total. The number of amides is 1. The summed E-state index contributed by atoms with van der Waals surface area (Å²) in [5.74, 6) is -0.689. The minimum absolute atomic E-state index is 0.565. The third-order valence-corrected chi connectivity index (χ3v) is 2.03. The first-order valence-corrected chi connectivity index (χ1v) is 3.99. The Morgan fingerprint density at radius 2 is 2.31 bits per heavy atom. The lowest BCUT2D eigenvalue weighted by Crippen LogP contribution is -2.09. The molecule has 0 bridgehead atoms. The Labute approximate surface area is 80.9 Å². The van der Waals surface area contributed by atoms with E-state index in [0.717, 1.165) is 5.56 Å². The zero-order chi connectivity index (χ0) is 9.84. The van der Waals surface area contributed by atoms with E-state index in [1.807, 2.05) is 0 Å². The standard InChI is InChI=1S/C9H7ClN2O/c1-6-7(10)3-2-4-8(6)12-9(13)5-11/h2-4H,1H3,(H,12,13). The van der Waals surface area contributed by atoms with Crippen molar-refractivity contribution >= 4 is 23.2 Å². The molecule has 4 heteroatoms. The van der Waals surface area contributed by atoms with Crippen LogP contribution in [0.4, 0.5) is 5.69 Å². The Kier molecular flexibility index (Phi) is 2.88. The van der Waals surface area contributed by atoms with Gasteiger partial charge in [0.1, 0.15) is 0 Å². The fourth-order valence-corrected chi connectivity index (χ4v) is 1.07. The summed E-state index contributed by atoms with van der Waals surface area (Å²) in [6, 6.07) is 6.59. The summed E-state index contributed by atoms with van der Waals surface area (Å²) in [6.07, 6.45) is 0. The van der Waals surface area contributed by atoms with Gasteiger partial charge in [-0.05, 0) is 24.6 Å². The second-order valence-corrected chi connectivity index (χ2v) is 2.89. The van der Waals surface area contributed by atoms with Crippen LogP contribution in [-0.2, 0) is 4.79 Å². The first-order valence-electron chi connectivity index (χ1n) is 3.61. The average molecular weight is 195 g/mol. The van der Waals surface area contributed by atoms with E-state index in [0.29, 0.717) is 10.7 Å². The summed E-state index contributed by atoms with van der Waals surface area (Å²) in [5.41, 5.74) is 1.33. The van der Waals surface area contributed by atoms with Gasteiger partial charge in [-0.3, -0.25) is 4.79 Å². The van der Waals surface area contributed by atoms with Crippen molar-refractivity contribution in [3.8, 4) is 6.07 Å². The zero-order valence-electron chi connectivity index (χ0n) is 6.97. The van der Waals surface area contributed by atoms with Crippen molar-refractivity contribution < 1.29 is 4.79 Å². The van der Waals surface area contributed by atoms with Crippen molar-refractivity contribution in [3.05, 3.63) is 28.8 Å². The second-order valence-electron chi connectivity index (χ2n) is 2.48. The first-order chi connectivity index (χ1) is 6.15. The van der Waals surface area contributed by atoms with E-state index in [1.165, 1.54) is 6.07 Å². The van der Waals surface area contributed by atoms with Gasteiger partial charge in [0.25, 0.3) is 0 Å². The molecule has 0 aromatic heterocycles. The molecule has 1 aromatic carbocycles. The van der Waals surface area contributed by atoms with Crippen LogP contribution in [0.15, 0.2) is 18.2 Å². The molecule has 0 aliphatic heterocycles. The molecule has 66 valence electrons. The van der Waals surface area contributed by atoms with Crippen LogP contribution in [0.3, 0.4) is 0 Å². The molecule has 1 aromatic rings. The van der Waals surface area contributed by atoms with Gasteiger partial charge >= 0.3 is 5.91 Å². The van der Waals surface area contributed by atoms with Crippen molar-refractivity contribution in [2.24, 2.45) is 0 Å². The fraction of sp³-hybridized carbons (Fsp3) is 0.111. The highest BCUT2D eigenvalue weighted by Crippen LogP contribution is 2.22. The number of anilines is 1. The van der Waals surface area contributed by atoms with Gasteiger partial charge < -0.3 is 5.32 Å². The van der Waals surface area contributed by atoms with E-state index in [4.69, 9.17) is 16.9 Å². The topological polar surface area (TPSA) is 52.9 Å². The molecular weight excluding hydrogens is 188 g/mol. The SMILES string of the molecule is Cc1c(Cl)cccc1NC(=O)C#N. The van der Waals surface area contributed by atoms with E-state index < -0.39 is 5.91 Å². The number of carbonyl (C=O) groups excluding carboxylic acids is 1. The number of rotatable bonds is 1. The summed E-state index contributed by atoms with van der Waals surface area (Å²) in [5, 5.41) is 11.2. The Morgan fingerprint density at radius 1 is 1.62 bits per heavy atom. The molecule has 0 radical (unpaired) electrons. The number of nitriles is 1. The Hall–Kier alpha value is -1.53. The fourth-order valence-electron chi connectivity index (χ4n) is 0.893. The van der Waals surface area contributed by atoms with Crippen LogP contribution in [0.25, 0.3) is 0 Å². The van der Waals surface area contributed by atoms with Crippen molar-refractivity contribution in [2.75, 3.05) is 5.32 Å². The van der Waals surface area contributed by atoms with Crippen LogP contribution >= 0.6 is 11.6 Å². The quantitative estimate of drug-likeness (QED) is 0.697. The maximum Gasteiger partial charge on any atom is 0.326 e. The molecule has 0 aliphatic carbocycles. The van der Waals surface area contributed by atoms with Crippen LogP contribution in [0, 0.1) is 18.3 Å². The maximum atomic E-state index is 10.7. The van der Waals surface area contributed by atoms with Gasteiger partial charge in [-0.1, -0.05) is 17.7 Å². The highest BCUT2D eigenvalue weighted by Gasteiger charge is 2.04. The molecule has 1 amide bonds. The van der Waals surface area contributed by atoms with E-state index in [9.17, 15) is 4.79 Å². The average Bonchev–Trinajstić information content (AvgIpc) is 2.13. The number of carbonyl (C=O) groups is 1. The molecule has 0 unspecified atom stereocenters. The summed E-state index contributed by atoms with van der Waals surface area (Å²) >= 11 is 5.81. The molecular formula is C9H7ClN2O. The van der Waals surface area contributed by atoms with Crippen LogP contribution in [0.2, 0.25) is 5.02 Å². The lowest BCUT2D eigenvalue weighted by molar-refractivity contribution is -0.111. The lowest BCUT2D eigenvalue weighted by Gasteiger charge is -2.05. The van der Waals surface area contributed by atoms with Gasteiger partial charge in [0.15, 0.2) is 6.07 Å². The zero-order valence-corrected chi connectivity index (χ0v) is 7.72. The lowest BCUT2D eigenvalue weighted by atomic mass is 10.2. The summed E-state index contributed by atoms with van der Waals surface area (Å²) in [7, 11) is 0. The highest BCUT2D eigenvalue weighted by molar-refractivity contribution is 6.31. The van der Waals surface area contributed by atoms with Gasteiger partial charge in [0, 0.05) is 10.7 Å². The number of nitrogens with zero attached hydrogens (tertiary/aromatic N) is 1. The summed E-state index contributed by atoms with van der Waals surface area (Å²) < 4.78 is 0. The second kappa shape index (κ2) is 3.92. The van der Waals surface area contributed by atoms with Crippen molar-refractivity contribution in [2.45, 2.75) is 6.92 Å². The van der Waals surface area contributed by atoms with Crippen molar-refractivity contribution in [3.63, 3.8) is 0 Å². The van der Waals surface area contributed by atoms with Gasteiger partial charge in [0.2, 0.25) is 0 Å². The molecule has 0 saturated heterocycles. The number of hydrogen-bond acceptors (Lipinski definition) is 2. The van der Waals surface area contributed by atoms with Gasteiger partial charge in [-0.15, -0.1) is 0 Å². The Balaban J connectivity index is 2.97. The monoisotopic (exact) mass is 194 g/mol. The molecule has 0 spiro atoms. The first kappa shape index (κ1) is 9.56. The maximum absolute atomic E-state index is 10.7. The highest BCUT2D eigenvalue weighted by atomic mass is 35.5. The van der Waals surface area contributed by atoms with Crippen molar-refractivity contribution in [1.29, 1.82) is 5.26 Å². The molecule has 1 rings (SSSR count). The van der Waals surface area contributed by atoms with Crippen molar-refractivity contribution in [1.82, 2.24) is 0 Å². The third kappa shape index (κ3) is 2.20. The molecule has 13 heavy (non-hydrogen) atoms. The number of halogens is 1. The van der Waals surface area contributed by atoms with E-state index in [2.05, 4.69) is 5.32 Å². The molecule has 3 nitrogen and oxygen atoms in total. The molecule has 0 fully saturated rings. The van der Waals surface area contributed by atoms with Crippen LogP contribution < -0.4 is 5.32 Å². The van der Waals surface area contributed by atoms with Crippen LogP contribution in [0.5, 0.6) is 0 Å². The minimum atomic E-state index is -0.689. The normalized spacial score (nSPS) is 9.00. The minimum Gasteiger partial charge on any atom is -0.313 e. The smallest absolute Gasteiger partial charge is 0.313 e. The molecule has 0 aliphatic rings. The number of benzene rings is 1. The Morgan fingerprint density at radius 3 is 2.92 bits per heavy atom. The molecule has 0 atom stereocenters. The van der Waals surface area contributed by atoms with E-state index in [-0.39, 0.29) is 0 Å². The molecule has 0 saturated carbocycles. The van der Waals surface area contributed by atoms with E-state index in [1.54, 1.807) is 25.1 Å². The third-order valence-electron chi connectivity index (χ3n) is 1.62. The summed E-state index contributed by atoms with van der Waals surface area (Å²) in [6.45, 7) is 1.77. The largest absolute Gasteiger partial charge is 0.326 e. The van der Waals surface area contributed by atoms with Crippen LogP contribution in [0.1, 0.15) is 5.56 Å². The van der Waals surface area contributed by atoms with Crippen LogP contribution in [-0.4, -0.2) is 5.91 Å². The Bertz CT molecular complexity index is 382. The predicted octanol–water partition coefficient (Wildman–Crippen LogP) is 2.11. The molecule has 0 heterocycles. The van der Waals surface area contributed by atoms with Gasteiger partial charge in [-0.2, -0.15) is 5.26 Å². The summed E-state index contributed by atoms with van der Waals surface area (Å²) in [4.78, 5) is 10.7. The van der Waals surface area contributed by atoms with E-state index >= 15 is 0 Å². The number of nitrogens with one attached hydrogen (secondary N) is 1. The van der Waals surface area contributed by atoms with Gasteiger partial charge in [0.05, 0.1) is 0 Å². The van der Waals surface area contributed by atoms with Gasteiger partial charge in [-0.25, -0.2) is 0 Å².